The summed E-state index contributed by atoms with van der Waals surface area (Å²) in [5.74, 6) is 0.268. The van der Waals surface area contributed by atoms with Crippen LogP contribution in [0.4, 0.5) is 0 Å². The number of piperazine rings is 1. The van der Waals surface area contributed by atoms with E-state index in [2.05, 4.69) is 36.1 Å². The lowest BCUT2D eigenvalue weighted by Crippen LogP contribution is -2.56. The SMILES string of the molecule is CC1CN(Cc2ccccc2)CCN1C(=O)C(C)(C)C. The van der Waals surface area contributed by atoms with Crippen molar-refractivity contribution in [3.05, 3.63) is 35.9 Å². The Bertz CT molecular complexity index is 450. The molecule has 110 valence electrons. The summed E-state index contributed by atoms with van der Waals surface area (Å²) in [5.41, 5.74) is 1.06. The Morgan fingerprint density at radius 3 is 2.40 bits per heavy atom. The molecule has 0 radical (unpaired) electrons. The zero-order valence-electron chi connectivity index (χ0n) is 13.1. The maximum atomic E-state index is 12.4. The Morgan fingerprint density at radius 2 is 1.85 bits per heavy atom. The molecule has 1 aromatic carbocycles. The van der Waals surface area contributed by atoms with E-state index in [0.717, 1.165) is 26.2 Å². The van der Waals surface area contributed by atoms with Crippen LogP contribution in [-0.4, -0.2) is 41.4 Å². The van der Waals surface area contributed by atoms with Gasteiger partial charge in [0.2, 0.25) is 5.91 Å². The third kappa shape index (κ3) is 3.60. The molecule has 2 rings (SSSR count). The topological polar surface area (TPSA) is 23.6 Å². The summed E-state index contributed by atoms with van der Waals surface area (Å²) >= 11 is 0. The quantitative estimate of drug-likeness (QED) is 0.828. The third-order valence-electron chi connectivity index (χ3n) is 3.86. The van der Waals surface area contributed by atoms with Crippen LogP contribution >= 0.6 is 0 Å². The Labute approximate surface area is 122 Å². The fourth-order valence-corrected chi connectivity index (χ4v) is 2.75. The minimum Gasteiger partial charge on any atom is -0.337 e. The van der Waals surface area contributed by atoms with E-state index in [0.29, 0.717) is 6.04 Å². The number of carbonyl (C=O) groups excluding carboxylic acids is 1. The lowest BCUT2D eigenvalue weighted by atomic mass is 9.93. The van der Waals surface area contributed by atoms with Gasteiger partial charge in [0.05, 0.1) is 0 Å². The first-order chi connectivity index (χ1) is 9.38. The molecule has 0 bridgehead atoms. The number of hydrogen-bond acceptors (Lipinski definition) is 2. The van der Waals surface area contributed by atoms with Crippen molar-refractivity contribution in [3.63, 3.8) is 0 Å². The van der Waals surface area contributed by atoms with Crippen LogP contribution in [0.1, 0.15) is 33.3 Å². The average Bonchev–Trinajstić information content (AvgIpc) is 2.38. The van der Waals surface area contributed by atoms with E-state index in [1.54, 1.807) is 0 Å². The van der Waals surface area contributed by atoms with Crippen molar-refractivity contribution in [1.29, 1.82) is 0 Å². The molecule has 1 saturated heterocycles. The van der Waals surface area contributed by atoms with Crippen LogP contribution in [0.25, 0.3) is 0 Å². The van der Waals surface area contributed by atoms with Crippen molar-refractivity contribution in [2.24, 2.45) is 5.41 Å². The first kappa shape index (κ1) is 15.0. The Morgan fingerprint density at radius 1 is 1.20 bits per heavy atom. The van der Waals surface area contributed by atoms with Gasteiger partial charge in [-0.05, 0) is 12.5 Å². The summed E-state index contributed by atoms with van der Waals surface area (Å²) < 4.78 is 0. The van der Waals surface area contributed by atoms with Crippen molar-refractivity contribution in [2.75, 3.05) is 19.6 Å². The number of benzene rings is 1. The predicted octanol–water partition coefficient (Wildman–Crippen LogP) is 2.77. The van der Waals surface area contributed by atoms with Crippen molar-refractivity contribution >= 4 is 5.91 Å². The number of rotatable bonds is 2. The minimum atomic E-state index is -0.282. The predicted molar refractivity (Wildman–Crippen MR) is 82.3 cm³/mol. The van der Waals surface area contributed by atoms with E-state index >= 15 is 0 Å². The van der Waals surface area contributed by atoms with E-state index in [9.17, 15) is 4.79 Å². The molecule has 1 heterocycles. The van der Waals surface area contributed by atoms with Crippen molar-refractivity contribution in [3.8, 4) is 0 Å². The van der Waals surface area contributed by atoms with Crippen LogP contribution < -0.4 is 0 Å². The Hall–Kier alpha value is -1.35. The molecule has 0 spiro atoms. The van der Waals surface area contributed by atoms with Gasteiger partial charge in [-0.15, -0.1) is 0 Å². The number of nitrogens with zero attached hydrogens (tertiary/aromatic N) is 2. The molecule has 20 heavy (non-hydrogen) atoms. The number of carbonyl (C=O) groups is 1. The highest BCUT2D eigenvalue weighted by atomic mass is 16.2. The van der Waals surface area contributed by atoms with E-state index in [4.69, 9.17) is 0 Å². The molecule has 1 aliphatic rings. The highest BCUT2D eigenvalue weighted by Gasteiger charge is 2.33. The maximum absolute atomic E-state index is 12.4. The summed E-state index contributed by atoms with van der Waals surface area (Å²) in [6.45, 7) is 11.9. The van der Waals surface area contributed by atoms with E-state index in [1.807, 2.05) is 31.7 Å². The maximum Gasteiger partial charge on any atom is 0.228 e. The van der Waals surface area contributed by atoms with E-state index in [1.165, 1.54) is 5.56 Å². The minimum absolute atomic E-state index is 0.268. The lowest BCUT2D eigenvalue weighted by Gasteiger charge is -2.42. The number of hydrogen-bond donors (Lipinski definition) is 0. The molecule has 1 aromatic rings. The summed E-state index contributed by atoms with van der Waals surface area (Å²) in [6.07, 6.45) is 0. The van der Waals surface area contributed by atoms with Gasteiger partial charge in [-0.1, -0.05) is 51.1 Å². The van der Waals surface area contributed by atoms with Gasteiger partial charge in [-0.2, -0.15) is 0 Å². The second-order valence-corrected chi connectivity index (χ2v) is 6.82. The van der Waals surface area contributed by atoms with Crippen molar-refractivity contribution in [2.45, 2.75) is 40.3 Å². The lowest BCUT2D eigenvalue weighted by molar-refractivity contribution is -0.144. The highest BCUT2D eigenvalue weighted by molar-refractivity contribution is 5.81. The fraction of sp³-hybridized carbons (Fsp3) is 0.588. The Balaban J connectivity index is 1.94. The molecule has 3 heteroatoms. The van der Waals surface area contributed by atoms with Crippen LogP contribution in [0.2, 0.25) is 0 Å². The smallest absolute Gasteiger partial charge is 0.228 e. The molecule has 0 N–H and O–H groups in total. The van der Waals surface area contributed by atoms with Crippen LogP contribution in [0.3, 0.4) is 0 Å². The molecule has 0 aliphatic carbocycles. The molecule has 1 fully saturated rings. The third-order valence-corrected chi connectivity index (χ3v) is 3.86. The van der Waals surface area contributed by atoms with Gasteiger partial charge < -0.3 is 4.90 Å². The molecule has 1 aliphatic heterocycles. The molecular weight excluding hydrogens is 248 g/mol. The van der Waals surface area contributed by atoms with E-state index in [-0.39, 0.29) is 11.3 Å². The summed E-state index contributed by atoms with van der Waals surface area (Å²) in [7, 11) is 0. The van der Waals surface area contributed by atoms with Gasteiger partial charge in [0.15, 0.2) is 0 Å². The van der Waals surface area contributed by atoms with Gasteiger partial charge in [-0.25, -0.2) is 0 Å². The summed E-state index contributed by atoms with van der Waals surface area (Å²) in [6, 6.07) is 10.8. The zero-order valence-corrected chi connectivity index (χ0v) is 13.1. The molecular formula is C17H26N2O. The van der Waals surface area contributed by atoms with Crippen molar-refractivity contribution < 1.29 is 4.79 Å². The van der Waals surface area contributed by atoms with Gasteiger partial charge in [-0.3, -0.25) is 9.69 Å². The summed E-state index contributed by atoms with van der Waals surface area (Å²) in [4.78, 5) is 16.9. The second-order valence-electron chi connectivity index (χ2n) is 6.82. The molecule has 1 atom stereocenters. The van der Waals surface area contributed by atoms with Crippen LogP contribution in [0.5, 0.6) is 0 Å². The van der Waals surface area contributed by atoms with Crippen LogP contribution in [0.15, 0.2) is 30.3 Å². The van der Waals surface area contributed by atoms with Gasteiger partial charge in [0.25, 0.3) is 0 Å². The van der Waals surface area contributed by atoms with Crippen LogP contribution in [0, 0.1) is 5.41 Å². The molecule has 1 unspecified atom stereocenters. The van der Waals surface area contributed by atoms with Crippen molar-refractivity contribution in [1.82, 2.24) is 9.80 Å². The van der Waals surface area contributed by atoms with Crippen LogP contribution in [-0.2, 0) is 11.3 Å². The molecule has 3 nitrogen and oxygen atoms in total. The van der Waals surface area contributed by atoms with Gasteiger partial charge in [0, 0.05) is 37.6 Å². The fourth-order valence-electron chi connectivity index (χ4n) is 2.75. The number of amides is 1. The average molecular weight is 274 g/mol. The molecule has 1 amide bonds. The van der Waals surface area contributed by atoms with E-state index < -0.39 is 0 Å². The highest BCUT2D eigenvalue weighted by Crippen LogP contribution is 2.22. The largest absolute Gasteiger partial charge is 0.337 e. The first-order valence-corrected chi connectivity index (χ1v) is 7.45. The molecule has 0 aromatic heterocycles. The normalized spacial score (nSPS) is 21.0. The van der Waals surface area contributed by atoms with Gasteiger partial charge >= 0.3 is 0 Å². The summed E-state index contributed by atoms with van der Waals surface area (Å²) in [5, 5.41) is 0. The zero-order chi connectivity index (χ0) is 14.8. The second kappa shape index (κ2) is 5.96. The monoisotopic (exact) mass is 274 g/mol. The Kier molecular flexibility index (Phi) is 4.48. The first-order valence-electron chi connectivity index (χ1n) is 7.45. The molecule has 0 saturated carbocycles. The van der Waals surface area contributed by atoms with Gasteiger partial charge in [0.1, 0.15) is 0 Å². The standard InChI is InChI=1S/C17H26N2O/c1-14-12-18(13-15-8-6-5-7-9-15)10-11-19(14)16(20)17(2,3)4/h5-9,14H,10-13H2,1-4H3.